The maximum Gasteiger partial charge on any atom is 0.245 e. The molecule has 1 heterocycles. The van der Waals surface area contributed by atoms with Crippen molar-refractivity contribution in [3.8, 4) is 0 Å². The van der Waals surface area contributed by atoms with Gasteiger partial charge in [-0.3, -0.25) is 9.59 Å². The Morgan fingerprint density at radius 1 is 1.19 bits per heavy atom. The van der Waals surface area contributed by atoms with Crippen LogP contribution < -0.4 is 5.32 Å². The number of rotatable bonds is 3. The molecule has 0 bridgehead atoms. The zero-order valence-electron chi connectivity index (χ0n) is 13.0. The van der Waals surface area contributed by atoms with Crippen LogP contribution in [0.4, 0.5) is 0 Å². The molecule has 5 heteroatoms. The SMILES string of the molecule is COC1CCCC(N2C(=O)C(C3CC3)NC(=O)CC2C)C1. The lowest BCUT2D eigenvalue weighted by atomic mass is 9.90. The predicted octanol–water partition coefficient (Wildman–Crippen LogP) is 1.46. The van der Waals surface area contributed by atoms with E-state index in [1.165, 1.54) is 0 Å². The summed E-state index contributed by atoms with van der Waals surface area (Å²) >= 11 is 0. The number of amides is 2. The van der Waals surface area contributed by atoms with Gasteiger partial charge in [-0.1, -0.05) is 0 Å². The Kier molecular flexibility index (Phi) is 4.20. The molecule has 2 aliphatic carbocycles. The lowest BCUT2D eigenvalue weighted by Crippen LogP contribution is -2.53. The van der Waals surface area contributed by atoms with Gasteiger partial charge in [-0.25, -0.2) is 0 Å². The molecule has 1 N–H and O–H groups in total. The van der Waals surface area contributed by atoms with Gasteiger partial charge in [0.15, 0.2) is 0 Å². The monoisotopic (exact) mass is 294 g/mol. The molecule has 3 fully saturated rings. The summed E-state index contributed by atoms with van der Waals surface area (Å²) in [5.74, 6) is 0.517. The van der Waals surface area contributed by atoms with Gasteiger partial charge in [0.1, 0.15) is 6.04 Å². The van der Waals surface area contributed by atoms with E-state index >= 15 is 0 Å². The second-order valence-corrected chi connectivity index (χ2v) is 6.86. The number of nitrogens with zero attached hydrogens (tertiary/aromatic N) is 1. The van der Waals surface area contributed by atoms with Crippen LogP contribution in [0.15, 0.2) is 0 Å². The highest BCUT2D eigenvalue weighted by Crippen LogP contribution is 2.36. The molecule has 4 unspecified atom stereocenters. The molecule has 0 radical (unpaired) electrons. The molecule has 1 saturated heterocycles. The van der Waals surface area contributed by atoms with E-state index in [1.54, 1.807) is 7.11 Å². The molecule has 3 rings (SSSR count). The van der Waals surface area contributed by atoms with Crippen molar-refractivity contribution in [1.29, 1.82) is 0 Å². The molecular weight excluding hydrogens is 268 g/mol. The van der Waals surface area contributed by atoms with E-state index in [1.807, 2.05) is 11.8 Å². The van der Waals surface area contributed by atoms with Gasteiger partial charge in [-0.15, -0.1) is 0 Å². The summed E-state index contributed by atoms with van der Waals surface area (Å²) < 4.78 is 5.50. The van der Waals surface area contributed by atoms with Gasteiger partial charge in [0.05, 0.1) is 6.10 Å². The third-order valence-corrected chi connectivity index (χ3v) is 5.21. The van der Waals surface area contributed by atoms with Crippen LogP contribution in [-0.2, 0) is 14.3 Å². The second-order valence-electron chi connectivity index (χ2n) is 6.86. The van der Waals surface area contributed by atoms with E-state index < -0.39 is 0 Å². The average Bonchev–Trinajstić information content (AvgIpc) is 3.29. The highest BCUT2D eigenvalue weighted by Gasteiger charge is 2.45. The molecule has 3 aliphatic rings. The summed E-state index contributed by atoms with van der Waals surface area (Å²) in [5.41, 5.74) is 0. The smallest absolute Gasteiger partial charge is 0.245 e. The maximum atomic E-state index is 12.9. The lowest BCUT2D eigenvalue weighted by Gasteiger charge is -2.40. The van der Waals surface area contributed by atoms with E-state index in [-0.39, 0.29) is 36.0 Å². The number of hydrogen-bond acceptors (Lipinski definition) is 3. The van der Waals surface area contributed by atoms with Gasteiger partial charge in [-0.05, 0) is 51.4 Å². The van der Waals surface area contributed by atoms with E-state index in [9.17, 15) is 9.59 Å². The second kappa shape index (κ2) is 5.95. The van der Waals surface area contributed by atoms with Gasteiger partial charge in [0, 0.05) is 25.6 Å². The summed E-state index contributed by atoms with van der Waals surface area (Å²) in [6, 6.07) is -0.0765. The molecule has 1 aliphatic heterocycles. The number of nitrogens with one attached hydrogen (secondary N) is 1. The van der Waals surface area contributed by atoms with Crippen molar-refractivity contribution in [1.82, 2.24) is 10.2 Å². The molecule has 2 saturated carbocycles. The molecule has 2 amide bonds. The van der Waals surface area contributed by atoms with Crippen LogP contribution in [0.2, 0.25) is 0 Å². The molecular formula is C16H26N2O3. The number of hydrogen-bond donors (Lipinski definition) is 1. The standard InChI is InChI=1S/C16H26N2O3/c1-10-8-14(19)17-15(11-6-7-11)16(20)18(10)12-4-3-5-13(9-12)21-2/h10-13,15H,3-9H2,1-2H3,(H,17,19). The summed E-state index contributed by atoms with van der Waals surface area (Å²) in [6.45, 7) is 2.00. The summed E-state index contributed by atoms with van der Waals surface area (Å²) in [7, 11) is 1.75. The van der Waals surface area contributed by atoms with Crippen molar-refractivity contribution in [2.24, 2.45) is 5.92 Å². The molecule has 4 atom stereocenters. The van der Waals surface area contributed by atoms with Crippen molar-refractivity contribution in [2.45, 2.75) is 76.1 Å². The van der Waals surface area contributed by atoms with Gasteiger partial charge >= 0.3 is 0 Å². The van der Waals surface area contributed by atoms with Crippen molar-refractivity contribution in [3.05, 3.63) is 0 Å². The van der Waals surface area contributed by atoms with E-state index in [4.69, 9.17) is 4.74 Å². The molecule has 5 nitrogen and oxygen atoms in total. The zero-order chi connectivity index (χ0) is 15.0. The van der Waals surface area contributed by atoms with Crippen LogP contribution in [0.5, 0.6) is 0 Å². The van der Waals surface area contributed by atoms with E-state index in [0.717, 1.165) is 38.5 Å². The fraction of sp³-hybridized carbons (Fsp3) is 0.875. The molecule has 0 aromatic heterocycles. The predicted molar refractivity (Wildman–Crippen MR) is 78.6 cm³/mol. The van der Waals surface area contributed by atoms with E-state index in [2.05, 4.69) is 5.32 Å². The largest absolute Gasteiger partial charge is 0.381 e. The van der Waals surface area contributed by atoms with E-state index in [0.29, 0.717) is 12.3 Å². The van der Waals surface area contributed by atoms with Crippen LogP contribution in [0.25, 0.3) is 0 Å². The Labute approximate surface area is 126 Å². The highest BCUT2D eigenvalue weighted by molar-refractivity contribution is 5.91. The zero-order valence-corrected chi connectivity index (χ0v) is 13.0. The maximum absolute atomic E-state index is 12.9. The first-order valence-electron chi connectivity index (χ1n) is 8.24. The summed E-state index contributed by atoms with van der Waals surface area (Å²) in [5, 5.41) is 2.95. The minimum absolute atomic E-state index is 0.0122. The fourth-order valence-corrected chi connectivity index (χ4v) is 3.91. The molecule has 0 aromatic carbocycles. The fourth-order valence-electron chi connectivity index (χ4n) is 3.91. The van der Waals surface area contributed by atoms with Crippen LogP contribution in [0, 0.1) is 5.92 Å². The van der Waals surface area contributed by atoms with Gasteiger partial charge in [0.25, 0.3) is 0 Å². The minimum Gasteiger partial charge on any atom is -0.381 e. The number of ether oxygens (including phenoxy) is 1. The van der Waals surface area contributed by atoms with Crippen LogP contribution in [-0.4, -0.2) is 48.1 Å². The first kappa shape index (κ1) is 14.8. The van der Waals surface area contributed by atoms with Crippen LogP contribution in [0.1, 0.15) is 51.9 Å². The van der Waals surface area contributed by atoms with Crippen LogP contribution >= 0.6 is 0 Å². The van der Waals surface area contributed by atoms with Crippen molar-refractivity contribution in [3.63, 3.8) is 0 Å². The summed E-state index contributed by atoms with van der Waals surface area (Å²) in [4.78, 5) is 27.0. The Bertz CT molecular complexity index is 422. The first-order valence-corrected chi connectivity index (χ1v) is 8.24. The van der Waals surface area contributed by atoms with Crippen molar-refractivity contribution < 1.29 is 14.3 Å². The Balaban J connectivity index is 1.79. The molecule has 0 aromatic rings. The Morgan fingerprint density at radius 3 is 2.62 bits per heavy atom. The number of carbonyl (C=O) groups excluding carboxylic acids is 2. The van der Waals surface area contributed by atoms with Gasteiger partial charge in [-0.2, -0.15) is 0 Å². The van der Waals surface area contributed by atoms with Gasteiger partial charge in [0.2, 0.25) is 11.8 Å². The molecule has 118 valence electrons. The number of methoxy groups -OCH3 is 1. The van der Waals surface area contributed by atoms with Crippen molar-refractivity contribution in [2.75, 3.05) is 7.11 Å². The average molecular weight is 294 g/mol. The third-order valence-electron chi connectivity index (χ3n) is 5.21. The Morgan fingerprint density at radius 2 is 1.95 bits per heavy atom. The highest BCUT2D eigenvalue weighted by atomic mass is 16.5. The quantitative estimate of drug-likeness (QED) is 0.857. The topological polar surface area (TPSA) is 58.6 Å². The minimum atomic E-state index is -0.287. The molecule has 0 spiro atoms. The van der Waals surface area contributed by atoms with Gasteiger partial charge < -0.3 is 15.0 Å². The third kappa shape index (κ3) is 3.07. The van der Waals surface area contributed by atoms with Crippen LogP contribution in [0.3, 0.4) is 0 Å². The van der Waals surface area contributed by atoms with Crippen molar-refractivity contribution >= 4 is 11.8 Å². The molecule has 21 heavy (non-hydrogen) atoms. The summed E-state index contributed by atoms with van der Waals surface area (Å²) in [6.07, 6.45) is 6.88. The number of carbonyl (C=O) groups is 2. The Hall–Kier alpha value is -1.10. The first-order chi connectivity index (χ1) is 10.1. The lowest BCUT2D eigenvalue weighted by molar-refractivity contribution is -0.139. The normalized spacial score (nSPS) is 38.1.